The van der Waals surface area contributed by atoms with E-state index >= 15 is 0 Å². The minimum absolute atomic E-state index is 0.0775. The number of anilines is 1. The molecule has 0 saturated carbocycles. The van der Waals surface area contributed by atoms with Gasteiger partial charge in [-0.05, 0) is 26.2 Å². The number of fused-ring (bicyclic) bond motifs is 1. The van der Waals surface area contributed by atoms with E-state index in [0.717, 1.165) is 29.9 Å². The summed E-state index contributed by atoms with van der Waals surface area (Å²) in [7, 11) is -3.18. The van der Waals surface area contributed by atoms with Gasteiger partial charge in [-0.25, -0.2) is 27.8 Å². The van der Waals surface area contributed by atoms with Crippen LogP contribution in [-0.2, 0) is 16.6 Å². The van der Waals surface area contributed by atoms with Crippen LogP contribution in [-0.4, -0.2) is 53.6 Å². The largest absolute Gasteiger partial charge is 0.356 e. The van der Waals surface area contributed by atoms with Crippen LogP contribution in [0.1, 0.15) is 26.2 Å². The molecule has 1 fully saturated rings. The van der Waals surface area contributed by atoms with Gasteiger partial charge >= 0.3 is 0 Å². The first-order chi connectivity index (χ1) is 11.1. The molecule has 23 heavy (non-hydrogen) atoms. The molecule has 2 aromatic heterocycles. The van der Waals surface area contributed by atoms with Gasteiger partial charge in [0.05, 0.1) is 23.9 Å². The lowest BCUT2D eigenvalue weighted by Gasteiger charge is -2.27. The van der Waals surface area contributed by atoms with Crippen molar-refractivity contribution in [3.8, 4) is 0 Å². The van der Waals surface area contributed by atoms with Gasteiger partial charge in [-0.1, -0.05) is 0 Å². The molecule has 8 nitrogen and oxygen atoms in total. The molecule has 9 heteroatoms. The summed E-state index contributed by atoms with van der Waals surface area (Å²) in [5.74, 6) is 1.00. The molecule has 1 saturated heterocycles. The van der Waals surface area contributed by atoms with Gasteiger partial charge in [0.25, 0.3) is 0 Å². The van der Waals surface area contributed by atoms with Gasteiger partial charge in [0.15, 0.2) is 5.65 Å². The van der Waals surface area contributed by atoms with Crippen molar-refractivity contribution < 1.29 is 8.42 Å². The smallest absolute Gasteiger partial charge is 0.211 e. The molecule has 0 amide bonds. The van der Waals surface area contributed by atoms with Crippen LogP contribution >= 0.6 is 0 Å². The summed E-state index contributed by atoms with van der Waals surface area (Å²) in [5, 5.41) is 5.27. The maximum atomic E-state index is 11.5. The minimum Gasteiger partial charge on any atom is -0.356 e. The summed E-state index contributed by atoms with van der Waals surface area (Å²) in [5.41, 5.74) is 0.747. The number of sulfonamides is 1. The van der Waals surface area contributed by atoms with Crippen molar-refractivity contribution in [2.75, 3.05) is 30.3 Å². The summed E-state index contributed by atoms with van der Waals surface area (Å²) in [6.45, 7) is 4.38. The average Bonchev–Trinajstić information content (AvgIpc) is 2.99. The highest BCUT2D eigenvalue weighted by Gasteiger charge is 2.17. The van der Waals surface area contributed by atoms with E-state index in [4.69, 9.17) is 0 Å². The van der Waals surface area contributed by atoms with Crippen LogP contribution in [0.25, 0.3) is 11.0 Å². The van der Waals surface area contributed by atoms with Crippen molar-refractivity contribution in [2.24, 2.45) is 0 Å². The van der Waals surface area contributed by atoms with E-state index in [1.807, 2.05) is 0 Å². The first kappa shape index (κ1) is 16.1. The molecule has 1 aliphatic rings. The van der Waals surface area contributed by atoms with E-state index < -0.39 is 10.0 Å². The maximum absolute atomic E-state index is 11.5. The number of aromatic nitrogens is 4. The van der Waals surface area contributed by atoms with Crippen molar-refractivity contribution in [1.82, 2.24) is 24.5 Å². The molecule has 0 spiro atoms. The Morgan fingerprint density at radius 3 is 2.74 bits per heavy atom. The van der Waals surface area contributed by atoms with Gasteiger partial charge in [-0.3, -0.25) is 0 Å². The highest BCUT2D eigenvalue weighted by atomic mass is 32.2. The fourth-order valence-corrected chi connectivity index (χ4v) is 3.42. The highest BCUT2D eigenvalue weighted by Crippen LogP contribution is 2.25. The second-order valence-electron chi connectivity index (χ2n) is 5.65. The van der Waals surface area contributed by atoms with E-state index in [0.29, 0.717) is 13.1 Å². The Kier molecular flexibility index (Phi) is 4.76. The van der Waals surface area contributed by atoms with Crippen molar-refractivity contribution >= 4 is 26.9 Å². The molecular weight excluding hydrogens is 316 g/mol. The summed E-state index contributed by atoms with van der Waals surface area (Å²) < 4.78 is 27.2. The van der Waals surface area contributed by atoms with Crippen molar-refractivity contribution in [2.45, 2.75) is 32.7 Å². The lowest BCUT2D eigenvalue weighted by Crippen LogP contribution is -2.30. The van der Waals surface area contributed by atoms with Crippen LogP contribution in [0.4, 0.5) is 5.82 Å². The minimum atomic E-state index is -3.18. The van der Waals surface area contributed by atoms with Crippen LogP contribution in [0.5, 0.6) is 0 Å². The number of nitrogens with zero attached hydrogens (tertiary/aromatic N) is 5. The quantitative estimate of drug-likeness (QED) is 0.836. The highest BCUT2D eigenvalue weighted by molar-refractivity contribution is 7.89. The zero-order chi connectivity index (χ0) is 16.3. The Bertz CT molecular complexity index is 767. The summed E-state index contributed by atoms with van der Waals surface area (Å²) >= 11 is 0. The number of hydrogen-bond acceptors (Lipinski definition) is 6. The summed E-state index contributed by atoms with van der Waals surface area (Å²) in [6, 6.07) is 0. The van der Waals surface area contributed by atoms with Gasteiger partial charge < -0.3 is 4.90 Å². The third kappa shape index (κ3) is 3.61. The molecule has 0 radical (unpaired) electrons. The van der Waals surface area contributed by atoms with Crippen molar-refractivity contribution in [3.05, 3.63) is 12.5 Å². The molecule has 0 aromatic carbocycles. The number of rotatable bonds is 6. The monoisotopic (exact) mass is 338 g/mol. The summed E-state index contributed by atoms with van der Waals surface area (Å²) in [4.78, 5) is 11.0. The Balaban J connectivity index is 1.78. The fraction of sp³-hybridized carbons (Fsp3) is 0.643. The second kappa shape index (κ2) is 6.79. The predicted octanol–water partition coefficient (Wildman–Crippen LogP) is 0.756. The normalized spacial score (nSPS) is 16.1. The number of piperidine rings is 1. The molecule has 0 aliphatic carbocycles. The fourth-order valence-electron chi connectivity index (χ4n) is 2.81. The van der Waals surface area contributed by atoms with Gasteiger partial charge in [0.1, 0.15) is 12.1 Å². The van der Waals surface area contributed by atoms with Crippen LogP contribution < -0.4 is 9.62 Å². The van der Waals surface area contributed by atoms with E-state index in [9.17, 15) is 8.42 Å². The SMILES string of the molecule is CCS(=O)(=O)NCCn1ncc2c(N3CCCCC3)ncnc21. The molecule has 0 atom stereocenters. The van der Waals surface area contributed by atoms with Crippen molar-refractivity contribution in [1.29, 1.82) is 0 Å². The van der Waals surface area contributed by atoms with Gasteiger partial charge in [-0.15, -0.1) is 0 Å². The Morgan fingerprint density at radius 1 is 1.22 bits per heavy atom. The van der Waals surface area contributed by atoms with E-state index in [2.05, 4.69) is 24.7 Å². The second-order valence-corrected chi connectivity index (χ2v) is 7.74. The van der Waals surface area contributed by atoms with Crippen LogP contribution in [0, 0.1) is 0 Å². The van der Waals surface area contributed by atoms with Gasteiger partial charge in [-0.2, -0.15) is 5.10 Å². The first-order valence-corrected chi connectivity index (χ1v) is 9.65. The lowest BCUT2D eigenvalue weighted by atomic mass is 10.1. The Labute approximate surface area is 136 Å². The third-order valence-corrected chi connectivity index (χ3v) is 5.50. The topological polar surface area (TPSA) is 93.0 Å². The predicted molar refractivity (Wildman–Crippen MR) is 88.9 cm³/mol. The molecule has 126 valence electrons. The molecule has 0 bridgehead atoms. The number of nitrogens with one attached hydrogen (secondary N) is 1. The zero-order valence-electron chi connectivity index (χ0n) is 13.3. The van der Waals surface area contributed by atoms with Crippen LogP contribution in [0.15, 0.2) is 12.5 Å². The molecule has 3 heterocycles. The van der Waals surface area contributed by atoms with Gasteiger partial charge in [0.2, 0.25) is 10.0 Å². The molecule has 1 N–H and O–H groups in total. The van der Waals surface area contributed by atoms with E-state index in [1.54, 1.807) is 24.1 Å². The zero-order valence-corrected chi connectivity index (χ0v) is 14.1. The maximum Gasteiger partial charge on any atom is 0.211 e. The third-order valence-electron chi connectivity index (χ3n) is 4.09. The van der Waals surface area contributed by atoms with E-state index in [-0.39, 0.29) is 5.75 Å². The van der Waals surface area contributed by atoms with Gasteiger partial charge in [0, 0.05) is 19.6 Å². The average molecular weight is 338 g/mol. The molecule has 2 aromatic rings. The van der Waals surface area contributed by atoms with Crippen LogP contribution in [0.2, 0.25) is 0 Å². The standard InChI is InChI=1S/C14H22N6O2S/c1-2-23(21,22)18-6-9-20-14-12(10-17-20)13(15-11-16-14)19-7-4-3-5-8-19/h10-11,18H,2-9H2,1H3. The summed E-state index contributed by atoms with van der Waals surface area (Å²) in [6.07, 6.45) is 6.95. The lowest BCUT2D eigenvalue weighted by molar-refractivity contribution is 0.565. The Morgan fingerprint density at radius 2 is 2.00 bits per heavy atom. The molecular formula is C14H22N6O2S. The number of hydrogen-bond donors (Lipinski definition) is 1. The van der Waals surface area contributed by atoms with Crippen molar-refractivity contribution in [3.63, 3.8) is 0 Å². The molecule has 3 rings (SSSR count). The molecule has 1 aliphatic heterocycles. The van der Waals surface area contributed by atoms with Crippen LogP contribution in [0.3, 0.4) is 0 Å². The Hall–Kier alpha value is -1.74. The molecule has 0 unspecified atom stereocenters. The first-order valence-electron chi connectivity index (χ1n) is 7.99. The van der Waals surface area contributed by atoms with E-state index in [1.165, 1.54) is 19.3 Å².